The number of rotatable bonds is 7. The predicted octanol–water partition coefficient (Wildman–Crippen LogP) is 4.43. The van der Waals surface area contributed by atoms with Crippen molar-refractivity contribution in [3.63, 3.8) is 0 Å². The summed E-state index contributed by atoms with van der Waals surface area (Å²) in [5.74, 6) is -0.125. The molecule has 0 N–H and O–H groups in total. The maximum Gasteiger partial charge on any atom is 0.233 e. The van der Waals surface area contributed by atoms with Crippen molar-refractivity contribution >= 4 is 42.4 Å². The third kappa shape index (κ3) is 4.87. The van der Waals surface area contributed by atoms with Gasteiger partial charge in [-0.05, 0) is 47.9 Å². The molecule has 1 amide bonds. The number of aryl methyl sites for hydroxylation is 1. The van der Waals surface area contributed by atoms with Gasteiger partial charge in [0.05, 0.1) is 33.8 Å². The summed E-state index contributed by atoms with van der Waals surface area (Å²) in [5.41, 5.74) is 3.57. The SMILES string of the molecule is CCc1cccc2sc(N(Cc3ccccn3)C(=O)Cc3ccc(S(C)(=O)=O)cc3)nc12. The van der Waals surface area contributed by atoms with Gasteiger partial charge >= 0.3 is 0 Å². The summed E-state index contributed by atoms with van der Waals surface area (Å²) in [7, 11) is -3.28. The third-order valence-corrected chi connectivity index (χ3v) is 7.33. The monoisotopic (exact) mass is 465 g/mol. The van der Waals surface area contributed by atoms with E-state index in [4.69, 9.17) is 4.98 Å². The van der Waals surface area contributed by atoms with Crippen LogP contribution in [0.25, 0.3) is 10.2 Å². The van der Waals surface area contributed by atoms with E-state index in [1.54, 1.807) is 23.2 Å². The number of fused-ring (bicyclic) bond motifs is 1. The average molecular weight is 466 g/mol. The van der Waals surface area contributed by atoms with Crippen molar-refractivity contribution in [1.29, 1.82) is 0 Å². The maximum atomic E-state index is 13.4. The molecule has 0 bridgehead atoms. The molecule has 0 aliphatic heterocycles. The van der Waals surface area contributed by atoms with Crippen LogP contribution in [-0.2, 0) is 34.0 Å². The number of anilines is 1. The van der Waals surface area contributed by atoms with E-state index in [1.807, 2.05) is 30.3 Å². The third-order valence-electron chi connectivity index (χ3n) is 5.16. The second kappa shape index (κ2) is 9.18. The van der Waals surface area contributed by atoms with Crippen LogP contribution in [0.15, 0.2) is 71.8 Å². The molecule has 0 aliphatic rings. The highest BCUT2D eigenvalue weighted by atomic mass is 32.2. The van der Waals surface area contributed by atoms with Gasteiger partial charge < -0.3 is 0 Å². The standard InChI is InChI=1S/C24H23N3O3S2/c1-3-18-7-6-9-21-23(18)26-24(31-21)27(16-19-8-4-5-14-25-19)22(28)15-17-10-12-20(13-11-17)32(2,29)30/h4-14H,3,15-16H2,1-2H3. The fraction of sp³-hybridized carbons (Fsp3) is 0.208. The van der Waals surface area contributed by atoms with Crippen LogP contribution in [0.5, 0.6) is 0 Å². The average Bonchev–Trinajstić information content (AvgIpc) is 3.22. The lowest BCUT2D eigenvalue weighted by molar-refractivity contribution is -0.118. The van der Waals surface area contributed by atoms with Gasteiger partial charge in [-0.25, -0.2) is 13.4 Å². The van der Waals surface area contributed by atoms with Gasteiger partial charge in [-0.3, -0.25) is 14.7 Å². The van der Waals surface area contributed by atoms with Crippen LogP contribution < -0.4 is 4.90 Å². The molecule has 164 valence electrons. The highest BCUT2D eigenvalue weighted by Crippen LogP contribution is 2.32. The summed E-state index contributed by atoms with van der Waals surface area (Å²) in [5, 5.41) is 0.629. The van der Waals surface area contributed by atoms with E-state index >= 15 is 0 Å². The molecule has 8 heteroatoms. The van der Waals surface area contributed by atoms with Crippen LogP contribution in [0.1, 0.15) is 23.7 Å². The molecule has 4 aromatic rings. The molecule has 0 unspecified atom stereocenters. The summed E-state index contributed by atoms with van der Waals surface area (Å²) >= 11 is 1.49. The molecule has 0 saturated heterocycles. The van der Waals surface area contributed by atoms with Gasteiger partial charge in [0, 0.05) is 12.5 Å². The first kappa shape index (κ1) is 22.1. The minimum absolute atomic E-state index is 0.125. The van der Waals surface area contributed by atoms with Gasteiger partial charge in [-0.1, -0.05) is 48.6 Å². The first-order valence-corrected chi connectivity index (χ1v) is 12.9. The molecule has 32 heavy (non-hydrogen) atoms. The van der Waals surface area contributed by atoms with Gasteiger partial charge in [-0.15, -0.1) is 0 Å². The van der Waals surface area contributed by atoms with E-state index in [0.29, 0.717) is 11.7 Å². The summed E-state index contributed by atoms with van der Waals surface area (Å²) in [6.07, 6.45) is 3.86. The van der Waals surface area contributed by atoms with E-state index in [0.717, 1.165) is 33.5 Å². The zero-order chi connectivity index (χ0) is 22.7. The van der Waals surface area contributed by atoms with E-state index in [1.165, 1.54) is 29.7 Å². The first-order valence-electron chi connectivity index (χ1n) is 10.2. The van der Waals surface area contributed by atoms with Crippen molar-refractivity contribution in [2.75, 3.05) is 11.2 Å². The lowest BCUT2D eigenvalue weighted by Crippen LogP contribution is -2.32. The number of thiazole rings is 1. The Morgan fingerprint density at radius 2 is 1.81 bits per heavy atom. The number of nitrogens with zero attached hydrogens (tertiary/aromatic N) is 3. The molecule has 6 nitrogen and oxygen atoms in total. The van der Waals surface area contributed by atoms with Crippen molar-refractivity contribution < 1.29 is 13.2 Å². The van der Waals surface area contributed by atoms with E-state index in [2.05, 4.69) is 18.0 Å². The zero-order valence-corrected chi connectivity index (χ0v) is 19.5. The molecule has 2 heterocycles. The summed E-state index contributed by atoms with van der Waals surface area (Å²) in [6.45, 7) is 2.40. The predicted molar refractivity (Wildman–Crippen MR) is 128 cm³/mol. The van der Waals surface area contributed by atoms with Crippen molar-refractivity contribution in [1.82, 2.24) is 9.97 Å². The first-order chi connectivity index (χ1) is 15.3. The molecule has 0 radical (unpaired) electrons. The molecule has 0 saturated carbocycles. The van der Waals surface area contributed by atoms with Crippen LogP contribution in [0, 0.1) is 0 Å². The van der Waals surface area contributed by atoms with E-state index in [9.17, 15) is 13.2 Å². The zero-order valence-electron chi connectivity index (χ0n) is 17.9. The minimum Gasteiger partial charge on any atom is -0.282 e. The van der Waals surface area contributed by atoms with Gasteiger partial charge in [0.15, 0.2) is 15.0 Å². The lowest BCUT2D eigenvalue weighted by Gasteiger charge is -2.19. The Bertz CT molecular complexity index is 1350. The summed E-state index contributed by atoms with van der Waals surface area (Å²) < 4.78 is 24.5. The number of amides is 1. The molecule has 0 atom stereocenters. The highest BCUT2D eigenvalue weighted by molar-refractivity contribution is 7.90. The fourth-order valence-corrected chi connectivity index (χ4v) is 5.10. The van der Waals surface area contributed by atoms with Gasteiger partial charge in [0.2, 0.25) is 5.91 Å². The minimum atomic E-state index is -3.28. The number of carbonyl (C=O) groups excluding carboxylic acids is 1. The van der Waals surface area contributed by atoms with E-state index < -0.39 is 9.84 Å². The van der Waals surface area contributed by atoms with Crippen LogP contribution in [0.4, 0.5) is 5.13 Å². The maximum absolute atomic E-state index is 13.4. The second-order valence-electron chi connectivity index (χ2n) is 7.51. The molecule has 4 rings (SSSR count). The van der Waals surface area contributed by atoms with Crippen LogP contribution in [-0.4, -0.2) is 30.5 Å². The molecular weight excluding hydrogens is 442 g/mol. The number of sulfone groups is 1. The van der Waals surface area contributed by atoms with Crippen LogP contribution >= 0.6 is 11.3 Å². The number of pyridine rings is 1. The Hall–Kier alpha value is -3.10. The second-order valence-corrected chi connectivity index (χ2v) is 10.5. The smallest absolute Gasteiger partial charge is 0.233 e. The van der Waals surface area contributed by atoms with Gasteiger partial charge in [-0.2, -0.15) is 0 Å². The van der Waals surface area contributed by atoms with Crippen molar-refractivity contribution in [2.45, 2.75) is 31.2 Å². The number of hydrogen-bond donors (Lipinski definition) is 0. The topological polar surface area (TPSA) is 80.2 Å². The highest BCUT2D eigenvalue weighted by Gasteiger charge is 2.22. The van der Waals surface area contributed by atoms with Crippen LogP contribution in [0.3, 0.4) is 0 Å². The molecule has 0 aliphatic carbocycles. The Labute approximate surface area is 191 Å². The number of aromatic nitrogens is 2. The quantitative estimate of drug-likeness (QED) is 0.403. The summed E-state index contributed by atoms with van der Waals surface area (Å²) in [6, 6.07) is 18.1. The van der Waals surface area contributed by atoms with Gasteiger partial charge in [0.25, 0.3) is 0 Å². The molecule has 2 aromatic carbocycles. The number of carbonyl (C=O) groups is 1. The number of para-hydroxylation sites is 1. The molecule has 2 aromatic heterocycles. The Kier molecular flexibility index (Phi) is 6.34. The van der Waals surface area contributed by atoms with Crippen molar-refractivity contribution in [2.24, 2.45) is 0 Å². The van der Waals surface area contributed by atoms with E-state index in [-0.39, 0.29) is 17.2 Å². The summed E-state index contributed by atoms with van der Waals surface area (Å²) in [4.78, 5) is 24.5. The van der Waals surface area contributed by atoms with Crippen LogP contribution in [0.2, 0.25) is 0 Å². The number of hydrogen-bond acceptors (Lipinski definition) is 6. The normalized spacial score (nSPS) is 11.6. The largest absolute Gasteiger partial charge is 0.282 e. The molecule has 0 spiro atoms. The Morgan fingerprint density at radius 3 is 2.47 bits per heavy atom. The van der Waals surface area contributed by atoms with Crippen molar-refractivity contribution in [3.8, 4) is 0 Å². The lowest BCUT2D eigenvalue weighted by atomic mass is 10.1. The van der Waals surface area contributed by atoms with Gasteiger partial charge in [0.1, 0.15) is 0 Å². The Balaban J connectivity index is 1.67. The molecular formula is C24H23N3O3S2. The van der Waals surface area contributed by atoms with Crippen molar-refractivity contribution in [3.05, 3.63) is 83.7 Å². The molecule has 0 fully saturated rings. The number of benzene rings is 2. The fourth-order valence-electron chi connectivity index (χ4n) is 3.44. The Morgan fingerprint density at radius 1 is 1.03 bits per heavy atom.